The zero-order valence-corrected chi connectivity index (χ0v) is 8.36. The first kappa shape index (κ1) is 8.77. The van der Waals surface area contributed by atoms with Crippen molar-refractivity contribution in [2.45, 2.75) is 18.3 Å². The van der Waals surface area contributed by atoms with E-state index >= 15 is 0 Å². The van der Waals surface area contributed by atoms with Crippen LogP contribution in [-0.4, -0.2) is 17.6 Å². The van der Waals surface area contributed by atoms with Gasteiger partial charge >= 0.3 is 0 Å². The summed E-state index contributed by atoms with van der Waals surface area (Å²) in [6.45, 7) is 0.714. The molecule has 3 fully saturated rings. The van der Waals surface area contributed by atoms with Crippen molar-refractivity contribution in [1.82, 2.24) is 5.32 Å². The van der Waals surface area contributed by atoms with Crippen LogP contribution in [0.25, 0.3) is 0 Å². The molecule has 2 bridgehead atoms. The van der Waals surface area contributed by atoms with Gasteiger partial charge in [-0.05, 0) is 30.5 Å². The van der Waals surface area contributed by atoms with Gasteiger partial charge in [-0.2, -0.15) is 0 Å². The fraction of sp³-hybridized carbons (Fsp3) is 0.417. The molecule has 3 nitrogen and oxygen atoms in total. The molecule has 1 aromatic carbocycles. The number of carbonyl (C=O) groups is 1. The maximum Gasteiger partial charge on any atom is 0.223 e. The lowest BCUT2D eigenvalue weighted by atomic mass is 9.56. The van der Waals surface area contributed by atoms with Gasteiger partial charge in [-0.3, -0.25) is 4.79 Å². The fourth-order valence-corrected chi connectivity index (χ4v) is 2.79. The smallest absolute Gasteiger partial charge is 0.223 e. The van der Waals surface area contributed by atoms with Crippen molar-refractivity contribution in [2.75, 3.05) is 6.54 Å². The Balaban J connectivity index is 1.93. The highest BCUT2D eigenvalue weighted by molar-refractivity contribution is 5.82. The maximum atomic E-state index is 11.3. The van der Waals surface area contributed by atoms with Crippen LogP contribution >= 0.6 is 0 Å². The Bertz CT molecular complexity index is 416. The van der Waals surface area contributed by atoms with E-state index in [0.29, 0.717) is 12.3 Å². The first-order valence-corrected chi connectivity index (χ1v) is 5.27. The molecule has 2 aliphatic heterocycles. The standard InChI is InChI=1S/C12H13NO2/c14-10-3-1-2-9(4-10)12-5-8(6-12)11(15)13-7-12/h1-4,8,14H,5-7H2,(H,13,15). The van der Waals surface area contributed by atoms with Gasteiger partial charge in [-0.25, -0.2) is 0 Å². The highest BCUT2D eigenvalue weighted by Crippen LogP contribution is 2.50. The second-order valence-electron chi connectivity index (χ2n) is 4.65. The molecule has 1 aromatic rings. The number of piperidine rings is 2. The van der Waals surface area contributed by atoms with E-state index in [-0.39, 0.29) is 17.2 Å². The summed E-state index contributed by atoms with van der Waals surface area (Å²) < 4.78 is 0. The summed E-state index contributed by atoms with van der Waals surface area (Å²) >= 11 is 0. The van der Waals surface area contributed by atoms with Gasteiger partial charge in [-0.15, -0.1) is 0 Å². The number of fused-ring (bicyclic) bond motifs is 2. The minimum atomic E-state index is 0.0946. The third-order valence-corrected chi connectivity index (χ3v) is 3.70. The zero-order chi connectivity index (χ0) is 10.5. The topological polar surface area (TPSA) is 49.3 Å². The lowest BCUT2D eigenvalue weighted by Crippen LogP contribution is -2.60. The Morgan fingerprint density at radius 1 is 1.40 bits per heavy atom. The molecule has 15 heavy (non-hydrogen) atoms. The van der Waals surface area contributed by atoms with E-state index in [1.807, 2.05) is 18.2 Å². The van der Waals surface area contributed by atoms with Gasteiger partial charge in [0.1, 0.15) is 5.75 Å². The number of nitrogens with one attached hydrogen (secondary N) is 1. The summed E-state index contributed by atoms with van der Waals surface area (Å²) in [5, 5.41) is 12.4. The molecule has 0 spiro atoms. The Morgan fingerprint density at radius 2 is 2.20 bits per heavy atom. The van der Waals surface area contributed by atoms with Crippen molar-refractivity contribution >= 4 is 5.91 Å². The van der Waals surface area contributed by atoms with Gasteiger partial charge in [0.05, 0.1) is 0 Å². The number of rotatable bonds is 1. The summed E-state index contributed by atoms with van der Waals surface area (Å²) in [6, 6.07) is 7.39. The van der Waals surface area contributed by atoms with E-state index in [0.717, 1.165) is 18.4 Å². The summed E-state index contributed by atoms with van der Waals surface area (Å²) in [5.41, 5.74) is 1.25. The molecular weight excluding hydrogens is 190 g/mol. The summed E-state index contributed by atoms with van der Waals surface area (Å²) in [4.78, 5) is 11.3. The van der Waals surface area contributed by atoms with Crippen LogP contribution in [0, 0.1) is 5.92 Å². The second-order valence-corrected chi connectivity index (χ2v) is 4.65. The van der Waals surface area contributed by atoms with Crippen molar-refractivity contribution in [1.29, 1.82) is 0 Å². The van der Waals surface area contributed by atoms with Gasteiger partial charge in [0.25, 0.3) is 0 Å². The van der Waals surface area contributed by atoms with Crippen LogP contribution in [-0.2, 0) is 10.2 Å². The third kappa shape index (κ3) is 1.16. The third-order valence-electron chi connectivity index (χ3n) is 3.70. The van der Waals surface area contributed by atoms with E-state index < -0.39 is 0 Å². The largest absolute Gasteiger partial charge is 0.508 e. The predicted octanol–water partition coefficient (Wildman–Crippen LogP) is 1.17. The van der Waals surface area contributed by atoms with Gasteiger partial charge in [0, 0.05) is 17.9 Å². The van der Waals surface area contributed by atoms with Crippen LogP contribution in [0.5, 0.6) is 5.75 Å². The van der Waals surface area contributed by atoms with Crippen LogP contribution in [0.1, 0.15) is 18.4 Å². The Hall–Kier alpha value is -1.51. The Morgan fingerprint density at radius 3 is 2.80 bits per heavy atom. The van der Waals surface area contributed by atoms with E-state index in [4.69, 9.17) is 0 Å². The molecule has 1 saturated carbocycles. The van der Waals surface area contributed by atoms with Crippen molar-refractivity contribution in [3.05, 3.63) is 29.8 Å². The lowest BCUT2D eigenvalue weighted by molar-refractivity contribution is -0.135. The van der Waals surface area contributed by atoms with Gasteiger partial charge in [-0.1, -0.05) is 12.1 Å². The van der Waals surface area contributed by atoms with Gasteiger partial charge in [0.15, 0.2) is 0 Å². The highest BCUT2D eigenvalue weighted by Gasteiger charge is 2.52. The molecule has 2 saturated heterocycles. The summed E-state index contributed by atoms with van der Waals surface area (Å²) in [5.74, 6) is 0.695. The molecule has 1 aliphatic carbocycles. The molecule has 0 unspecified atom stereocenters. The molecule has 78 valence electrons. The molecule has 2 N–H and O–H groups in total. The number of phenolic OH excluding ortho intramolecular Hbond substituents is 1. The van der Waals surface area contributed by atoms with Crippen LogP contribution in [0.4, 0.5) is 0 Å². The summed E-state index contributed by atoms with van der Waals surface area (Å²) in [6.07, 6.45) is 1.87. The molecule has 3 aliphatic rings. The molecule has 0 radical (unpaired) electrons. The van der Waals surface area contributed by atoms with Crippen molar-refractivity contribution in [3.63, 3.8) is 0 Å². The average Bonchev–Trinajstić information content (AvgIpc) is 2.16. The Kier molecular flexibility index (Phi) is 1.61. The fourth-order valence-electron chi connectivity index (χ4n) is 2.79. The molecule has 3 heteroatoms. The van der Waals surface area contributed by atoms with Gasteiger partial charge in [0.2, 0.25) is 5.91 Å². The Labute approximate surface area is 88.1 Å². The van der Waals surface area contributed by atoms with Crippen LogP contribution < -0.4 is 5.32 Å². The minimum Gasteiger partial charge on any atom is -0.508 e. The zero-order valence-electron chi connectivity index (χ0n) is 8.36. The van der Waals surface area contributed by atoms with E-state index in [9.17, 15) is 9.90 Å². The van der Waals surface area contributed by atoms with Crippen molar-refractivity contribution in [2.24, 2.45) is 5.92 Å². The number of aromatic hydroxyl groups is 1. The molecular formula is C12H13NO2. The van der Waals surface area contributed by atoms with Crippen molar-refractivity contribution < 1.29 is 9.90 Å². The van der Waals surface area contributed by atoms with E-state index in [1.54, 1.807) is 6.07 Å². The molecule has 2 heterocycles. The van der Waals surface area contributed by atoms with E-state index in [2.05, 4.69) is 5.32 Å². The number of benzene rings is 1. The van der Waals surface area contributed by atoms with Crippen LogP contribution in [0.3, 0.4) is 0 Å². The number of phenols is 1. The second kappa shape index (κ2) is 2.75. The van der Waals surface area contributed by atoms with Gasteiger partial charge < -0.3 is 10.4 Å². The minimum absolute atomic E-state index is 0.0946. The number of hydrogen-bond donors (Lipinski definition) is 2. The quantitative estimate of drug-likeness (QED) is 0.719. The highest BCUT2D eigenvalue weighted by atomic mass is 16.3. The summed E-state index contributed by atoms with van der Waals surface area (Å²) in [7, 11) is 0. The normalized spacial score (nSPS) is 33.1. The van der Waals surface area contributed by atoms with Crippen LogP contribution in [0.15, 0.2) is 24.3 Å². The number of carbonyl (C=O) groups excluding carboxylic acids is 1. The molecule has 0 atom stereocenters. The van der Waals surface area contributed by atoms with Crippen molar-refractivity contribution in [3.8, 4) is 5.75 Å². The lowest BCUT2D eigenvalue weighted by Gasteiger charge is -2.52. The SMILES string of the molecule is O=C1NCC2(c3cccc(O)c3)CC1C2. The average molecular weight is 203 g/mol. The molecule has 0 aromatic heterocycles. The number of amides is 1. The predicted molar refractivity (Wildman–Crippen MR) is 55.5 cm³/mol. The maximum absolute atomic E-state index is 11.3. The first-order chi connectivity index (χ1) is 7.20. The number of hydrogen-bond acceptors (Lipinski definition) is 2. The monoisotopic (exact) mass is 203 g/mol. The van der Waals surface area contributed by atoms with E-state index in [1.165, 1.54) is 0 Å². The molecule has 1 amide bonds. The first-order valence-electron chi connectivity index (χ1n) is 5.27. The molecule has 4 rings (SSSR count). The van der Waals surface area contributed by atoms with Crippen LogP contribution in [0.2, 0.25) is 0 Å².